The third-order valence-electron chi connectivity index (χ3n) is 3.16. The highest BCUT2D eigenvalue weighted by Gasteiger charge is 2.64. The molecule has 11 nitrogen and oxygen atoms in total. The molecule has 1 fully saturated rings. The number of aliphatic hydroxyl groups excluding tert-OH is 2. The van der Waals surface area contributed by atoms with E-state index in [1.807, 2.05) is 0 Å². The Morgan fingerprint density at radius 2 is 2.14 bits per heavy atom. The van der Waals surface area contributed by atoms with E-state index in [0.29, 0.717) is 4.57 Å². The van der Waals surface area contributed by atoms with E-state index in [1.165, 1.54) is 6.07 Å². The van der Waals surface area contributed by atoms with Gasteiger partial charge < -0.3 is 25.8 Å². The molecule has 2 rings (SSSR count). The minimum absolute atomic E-state index is 0.118. The lowest BCUT2D eigenvalue weighted by Gasteiger charge is -2.26. The first-order valence-electron chi connectivity index (χ1n) is 5.61. The van der Waals surface area contributed by atoms with Gasteiger partial charge in [-0.05, 0) is 6.07 Å². The maximum absolute atomic E-state index is 11.7. The highest BCUT2D eigenvalue weighted by atomic mass is 32.2. The van der Waals surface area contributed by atoms with E-state index in [1.54, 1.807) is 0 Å². The van der Waals surface area contributed by atoms with Crippen LogP contribution in [-0.2, 0) is 14.9 Å². The van der Waals surface area contributed by atoms with Crippen LogP contribution in [0.3, 0.4) is 0 Å². The molecule has 0 spiro atoms. The minimum atomic E-state index is -5.21. The Hall–Kier alpha value is -1.57. The molecule has 4 atom stereocenters. The van der Waals surface area contributed by atoms with Gasteiger partial charge in [0.05, 0.1) is 6.61 Å². The molecule has 1 aromatic rings. The van der Waals surface area contributed by atoms with Gasteiger partial charge in [0, 0.05) is 6.20 Å². The number of ether oxygens (including phenoxy) is 1. The fourth-order valence-electron chi connectivity index (χ4n) is 2.06. The number of aliphatic hydroxyl groups is 3. The van der Waals surface area contributed by atoms with Gasteiger partial charge in [0.1, 0.15) is 18.0 Å². The molecule has 2 heterocycles. The lowest BCUT2D eigenvalue weighted by molar-refractivity contribution is -0.0587. The highest BCUT2D eigenvalue weighted by Crippen LogP contribution is 2.39. The summed E-state index contributed by atoms with van der Waals surface area (Å²) >= 11 is 0. The van der Waals surface area contributed by atoms with Crippen molar-refractivity contribution >= 4 is 15.9 Å². The number of hydrogen-bond donors (Lipinski definition) is 5. The zero-order chi connectivity index (χ0) is 16.0. The number of rotatable bonds is 3. The fraction of sp³-hybridized carbons (Fsp3) is 0.556. The Bertz CT molecular complexity index is 703. The molecule has 0 radical (unpaired) electrons. The van der Waals surface area contributed by atoms with Gasteiger partial charge in [-0.3, -0.25) is 9.12 Å². The quantitative estimate of drug-likeness (QED) is 0.352. The molecule has 1 aliphatic rings. The molecule has 0 amide bonds. The van der Waals surface area contributed by atoms with E-state index in [-0.39, 0.29) is 5.82 Å². The predicted molar refractivity (Wildman–Crippen MR) is 66.4 cm³/mol. The van der Waals surface area contributed by atoms with Crippen LogP contribution in [0.4, 0.5) is 5.82 Å². The average Bonchev–Trinajstić information content (AvgIpc) is 2.63. The molecule has 1 aromatic heterocycles. The van der Waals surface area contributed by atoms with Gasteiger partial charge in [-0.15, -0.1) is 0 Å². The van der Waals surface area contributed by atoms with Crippen molar-refractivity contribution < 1.29 is 33.0 Å². The van der Waals surface area contributed by atoms with E-state index in [4.69, 9.17) is 20.1 Å². The topological polar surface area (TPSA) is 185 Å². The Kier molecular flexibility index (Phi) is 3.77. The summed E-state index contributed by atoms with van der Waals surface area (Å²) in [6, 6.07) is 1.18. The number of nitrogens with two attached hydrogens (primary N) is 1. The van der Waals surface area contributed by atoms with Crippen LogP contribution in [0, 0.1) is 0 Å². The van der Waals surface area contributed by atoms with Gasteiger partial charge in [0.2, 0.25) is 0 Å². The second kappa shape index (κ2) is 5.01. The van der Waals surface area contributed by atoms with E-state index >= 15 is 0 Å². The molecular formula is C9H13N3O8S. The maximum Gasteiger partial charge on any atom is 0.351 e. The Balaban J connectivity index is 2.52. The Labute approximate surface area is 118 Å². The standard InChI is InChI=1S/C9H13N3O8S/c10-5-1-2-12(8(15)11-5)7-6(14)9(16,21(17,18)19)4(3-13)20-7/h1-2,4,6-7,13-14,16H,3H2,(H2,10,11,15)(H,17,18,19)/t4-,6+,7-,9+/m1/s1. The molecule has 0 bridgehead atoms. The lowest BCUT2D eigenvalue weighted by atomic mass is 10.1. The van der Waals surface area contributed by atoms with E-state index in [9.17, 15) is 23.4 Å². The SMILES string of the molecule is Nc1ccn([C@@H]2O[C@H](CO)[C@](O)(S(=O)(=O)O)[C@H]2O)c(=O)n1. The summed E-state index contributed by atoms with van der Waals surface area (Å²) in [5.41, 5.74) is 4.31. The first-order chi connectivity index (χ1) is 9.62. The van der Waals surface area contributed by atoms with Gasteiger partial charge in [-0.25, -0.2) is 4.79 Å². The summed E-state index contributed by atoms with van der Waals surface area (Å²) in [5.74, 6) is -0.118. The fourth-order valence-corrected chi connectivity index (χ4v) is 2.95. The second-order valence-corrected chi connectivity index (χ2v) is 6.02. The molecular weight excluding hydrogens is 310 g/mol. The zero-order valence-electron chi connectivity index (χ0n) is 10.4. The number of nitrogen functional groups attached to an aromatic ring is 1. The van der Waals surface area contributed by atoms with Crippen molar-refractivity contribution in [1.29, 1.82) is 0 Å². The number of nitrogens with zero attached hydrogens (tertiary/aromatic N) is 2. The number of hydrogen-bond acceptors (Lipinski definition) is 9. The van der Waals surface area contributed by atoms with Gasteiger partial charge in [0.15, 0.2) is 6.23 Å². The van der Waals surface area contributed by atoms with Crippen molar-refractivity contribution in [2.75, 3.05) is 12.3 Å². The van der Waals surface area contributed by atoms with Gasteiger partial charge in [-0.1, -0.05) is 0 Å². The molecule has 21 heavy (non-hydrogen) atoms. The maximum atomic E-state index is 11.7. The zero-order valence-corrected chi connectivity index (χ0v) is 11.2. The average molecular weight is 323 g/mol. The first kappa shape index (κ1) is 15.8. The molecule has 118 valence electrons. The predicted octanol–water partition coefficient (Wildman–Crippen LogP) is -3.35. The van der Waals surface area contributed by atoms with Crippen LogP contribution in [0.1, 0.15) is 6.23 Å². The molecule has 0 aromatic carbocycles. The lowest BCUT2D eigenvalue weighted by Crippen LogP contribution is -2.55. The second-order valence-electron chi connectivity index (χ2n) is 4.41. The van der Waals surface area contributed by atoms with Crippen molar-refractivity contribution in [3.8, 4) is 0 Å². The minimum Gasteiger partial charge on any atom is -0.394 e. The summed E-state index contributed by atoms with van der Waals surface area (Å²) in [4.78, 5) is 11.8. The number of aromatic nitrogens is 2. The molecule has 6 N–H and O–H groups in total. The molecule has 1 aliphatic heterocycles. The molecule has 12 heteroatoms. The van der Waals surface area contributed by atoms with Crippen LogP contribution < -0.4 is 11.4 Å². The Morgan fingerprint density at radius 1 is 1.52 bits per heavy atom. The molecule has 1 saturated heterocycles. The van der Waals surface area contributed by atoms with E-state index in [0.717, 1.165) is 6.20 Å². The summed E-state index contributed by atoms with van der Waals surface area (Å²) < 4.78 is 37.3. The monoisotopic (exact) mass is 323 g/mol. The normalized spacial score (nSPS) is 33.2. The third kappa shape index (κ3) is 2.31. The van der Waals surface area contributed by atoms with Crippen molar-refractivity contribution in [1.82, 2.24) is 9.55 Å². The Morgan fingerprint density at radius 3 is 2.57 bits per heavy atom. The van der Waals surface area contributed by atoms with Crippen LogP contribution in [0.25, 0.3) is 0 Å². The van der Waals surface area contributed by atoms with Crippen LogP contribution in [0.5, 0.6) is 0 Å². The largest absolute Gasteiger partial charge is 0.394 e. The van der Waals surface area contributed by atoms with E-state index < -0.39 is 45.8 Å². The molecule has 0 aliphatic carbocycles. The smallest absolute Gasteiger partial charge is 0.351 e. The van der Waals surface area contributed by atoms with Crippen LogP contribution >= 0.6 is 0 Å². The highest BCUT2D eigenvalue weighted by molar-refractivity contribution is 7.87. The number of anilines is 1. The summed E-state index contributed by atoms with van der Waals surface area (Å²) in [7, 11) is -5.21. The summed E-state index contributed by atoms with van der Waals surface area (Å²) in [5, 5.41) is 29.0. The van der Waals surface area contributed by atoms with Crippen LogP contribution in [0.2, 0.25) is 0 Å². The third-order valence-corrected chi connectivity index (χ3v) is 4.49. The van der Waals surface area contributed by atoms with Crippen molar-refractivity contribution in [3.05, 3.63) is 22.7 Å². The van der Waals surface area contributed by atoms with E-state index in [2.05, 4.69) is 4.98 Å². The van der Waals surface area contributed by atoms with Crippen LogP contribution in [0.15, 0.2) is 17.1 Å². The van der Waals surface area contributed by atoms with Crippen molar-refractivity contribution in [2.45, 2.75) is 23.4 Å². The van der Waals surface area contributed by atoms with Crippen molar-refractivity contribution in [2.24, 2.45) is 0 Å². The van der Waals surface area contributed by atoms with Crippen LogP contribution in [-0.4, -0.2) is 61.6 Å². The first-order valence-corrected chi connectivity index (χ1v) is 7.05. The molecule has 0 saturated carbocycles. The van der Waals surface area contributed by atoms with Gasteiger partial charge >= 0.3 is 15.8 Å². The summed E-state index contributed by atoms with van der Waals surface area (Å²) in [6.45, 7) is -1.03. The van der Waals surface area contributed by atoms with Gasteiger partial charge in [-0.2, -0.15) is 13.4 Å². The van der Waals surface area contributed by atoms with Gasteiger partial charge in [0.25, 0.3) is 4.93 Å². The van der Waals surface area contributed by atoms with Crippen molar-refractivity contribution in [3.63, 3.8) is 0 Å². The molecule has 0 unspecified atom stereocenters. The summed E-state index contributed by atoms with van der Waals surface area (Å²) in [6.07, 6.45) is -4.73.